The first kappa shape index (κ1) is 11.6. The van der Waals surface area contributed by atoms with Crippen LogP contribution in [0.25, 0.3) is 11.0 Å². The summed E-state index contributed by atoms with van der Waals surface area (Å²) in [4.78, 5) is 4.36. The SMILES string of the molecule is Cn1cnc2cc(C(N)C3CNCCO3)ccc21. The van der Waals surface area contributed by atoms with Crippen molar-refractivity contribution in [2.24, 2.45) is 12.8 Å². The van der Waals surface area contributed by atoms with Crippen LogP contribution in [0.2, 0.25) is 0 Å². The third kappa shape index (κ3) is 2.01. The molecule has 2 atom stereocenters. The molecule has 0 spiro atoms. The monoisotopic (exact) mass is 246 g/mol. The molecule has 2 unspecified atom stereocenters. The van der Waals surface area contributed by atoms with Gasteiger partial charge in [-0.25, -0.2) is 4.98 Å². The number of nitrogens with two attached hydrogens (primary N) is 1. The second kappa shape index (κ2) is 4.68. The summed E-state index contributed by atoms with van der Waals surface area (Å²) in [5.41, 5.74) is 9.45. The highest BCUT2D eigenvalue weighted by Crippen LogP contribution is 2.22. The topological polar surface area (TPSA) is 65.1 Å². The molecule has 3 N–H and O–H groups in total. The molecular weight excluding hydrogens is 228 g/mol. The molecule has 1 aromatic carbocycles. The minimum absolute atomic E-state index is 0.0416. The Hall–Kier alpha value is -1.43. The Labute approximate surface area is 106 Å². The summed E-state index contributed by atoms with van der Waals surface area (Å²) < 4.78 is 7.70. The minimum Gasteiger partial charge on any atom is -0.374 e. The molecule has 0 radical (unpaired) electrons. The molecule has 0 amide bonds. The number of aryl methyl sites for hydroxylation is 1. The third-order valence-electron chi connectivity index (χ3n) is 3.49. The maximum atomic E-state index is 6.27. The molecule has 1 aromatic heterocycles. The van der Waals surface area contributed by atoms with Gasteiger partial charge in [0.25, 0.3) is 0 Å². The maximum absolute atomic E-state index is 6.27. The highest BCUT2D eigenvalue weighted by atomic mass is 16.5. The Bertz CT molecular complexity index is 545. The van der Waals surface area contributed by atoms with Crippen LogP contribution < -0.4 is 11.1 Å². The Morgan fingerprint density at radius 1 is 1.56 bits per heavy atom. The summed E-state index contributed by atoms with van der Waals surface area (Å²) in [6, 6.07) is 6.07. The summed E-state index contributed by atoms with van der Waals surface area (Å²) in [5.74, 6) is 0. The predicted molar refractivity (Wildman–Crippen MR) is 70.3 cm³/mol. The first-order chi connectivity index (χ1) is 8.75. The molecule has 5 nitrogen and oxygen atoms in total. The summed E-state index contributed by atoms with van der Waals surface area (Å²) in [7, 11) is 1.99. The lowest BCUT2D eigenvalue weighted by molar-refractivity contribution is 0.0122. The zero-order chi connectivity index (χ0) is 12.5. The number of hydrogen-bond donors (Lipinski definition) is 2. The van der Waals surface area contributed by atoms with Crippen molar-refractivity contribution in [3.8, 4) is 0 Å². The first-order valence-electron chi connectivity index (χ1n) is 6.24. The van der Waals surface area contributed by atoms with Crippen molar-refractivity contribution in [1.29, 1.82) is 0 Å². The van der Waals surface area contributed by atoms with Crippen molar-refractivity contribution < 1.29 is 4.74 Å². The van der Waals surface area contributed by atoms with E-state index < -0.39 is 0 Å². The van der Waals surface area contributed by atoms with E-state index in [2.05, 4.69) is 28.5 Å². The number of nitrogens with one attached hydrogen (secondary N) is 1. The Morgan fingerprint density at radius 3 is 3.22 bits per heavy atom. The molecule has 3 rings (SSSR count). The largest absolute Gasteiger partial charge is 0.374 e. The molecule has 1 aliphatic heterocycles. The maximum Gasteiger partial charge on any atom is 0.0955 e. The van der Waals surface area contributed by atoms with E-state index in [-0.39, 0.29) is 12.1 Å². The second-order valence-electron chi connectivity index (χ2n) is 4.74. The smallest absolute Gasteiger partial charge is 0.0955 e. The van der Waals surface area contributed by atoms with Gasteiger partial charge in [-0.05, 0) is 17.7 Å². The van der Waals surface area contributed by atoms with Crippen LogP contribution in [0, 0.1) is 0 Å². The van der Waals surface area contributed by atoms with Crippen molar-refractivity contribution in [3.05, 3.63) is 30.1 Å². The van der Waals surface area contributed by atoms with Crippen LogP contribution in [-0.2, 0) is 11.8 Å². The van der Waals surface area contributed by atoms with Crippen molar-refractivity contribution in [3.63, 3.8) is 0 Å². The van der Waals surface area contributed by atoms with Crippen molar-refractivity contribution in [2.45, 2.75) is 12.1 Å². The highest BCUT2D eigenvalue weighted by molar-refractivity contribution is 5.76. The molecular formula is C13H18N4O. The van der Waals surface area contributed by atoms with Gasteiger partial charge < -0.3 is 20.4 Å². The van der Waals surface area contributed by atoms with Crippen LogP contribution in [0.1, 0.15) is 11.6 Å². The standard InChI is InChI=1S/C13H18N4O/c1-17-8-16-10-6-9(2-3-11(10)17)13(14)12-7-15-4-5-18-12/h2-3,6,8,12-13,15H,4-5,7,14H2,1H3. The number of fused-ring (bicyclic) bond motifs is 1. The molecule has 1 saturated heterocycles. The van der Waals surface area contributed by atoms with Gasteiger partial charge in [-0.15, -0.1) is 0 Å². The van der Waals surface area contributed by atoms with E-state index >= 15 is 0 Å². The molecule has 0 aliphatic carbocycles. The van der Waals surface area contributed by atoms with E-state index in [1.165, 1.54) is 0 Å². The third-order valence-corrected chi connectivity index (χ3v) is 3.49. The van der Waals surface area contributed by atoms with Gasteiger partial charge in [0.05, 0.1) is 36.1 Å². The molecule has 0 saturated carbocycles. The molecule has 0 bridgehead atoms. The number of imidazole rings is 1. The second-order valence-corrected chi connectivity index (χ2v) is 4.74. The fraction of sp³-hybridized carbons (Fsp3) is 0.462. The minimum atomic E-state index is -0.107. The number of aromatic nitrogens is 2. The van der Waals surface area contributed by atoms with E-state index in [1.54, 1.807) is 0 Å². The van der Waals surface area contributed by atoms with Gasteiger partial charge in [0, 0.05) is 20.1 Å². The quantitative estimate of drug-likeness (QED) is 0.812. The normalized spacial score (nSPS) is 22.2. The summed E-state index contributed by atoms with van der Waals surface area (Å²) in [6.07, 6.45) is 1.86. The number of benzene rings is 1. The fourth-order valence-electron chi connectivity index (χ4n) is 2.39. The lowest BCUT2D eigenvalue weighted by Gasteiger charge is -2.28. The van der Waals surface area contributed by atoms with Crippen LogP contribution >= 0.6 is 0 Å². The molecule has 96 valence electrons. The van der Waals surface area contributed by atoms with Gasteiger partial charge in [-0.1, -0.05) is 6.07 Å². The average molecular weight is 246 g/mol. The van der Waals surface area contributed by atoms with Crippen molar-refractivity contribution >= 4 is 11.0 Å². The van der Waals surface area contributed by atoms with Crippen LogP contribution in [0.4, 0.5) is 0 Å². The zero-order valence-corrected chi connectivity index (χ0v) is 10.5. The van der Waals surface area contributed by atoms with E-state index in [0.717, 1.165) is 36.3 Å². The number of ether oxygens (including phenoxy) is 1. The zero-order valence-electron chi connectivity index (χ0n) is 10.5. The first-order valence-corrected chi connectivity index (χ1v) is 6.24. The predicted octanol–water partition coefficient (Wildman–Crippen LogP) is 0.561. The molecule has 2 heterocycles. The fourth-order valence-corrected chi connectivity index (χ4v) is 2.39. The number of morpholine rings is 1. The number of rotatable bonds is 2. The van der Waals surface area contributed by atoms with E-state index in [1.807, 2.05) is 17.9 Å². The summed E-state index contributed by atoms with van der Waals surface area (Å²) >= 11 is 0. The molecule has 1 aliphatic rings. The summed E-state index contributed by atoms with van der Waals surface area (Å²) in [6.45, 7) is 2.44. The molecule has 18 heavy (non-hydrogen) atoms. The van der Waals surface area contributed by atoms with Crippen LogP contribution in [0.3, 0.4) is 0 Å². The average Bonchev–Trinajstić information content (AvgIpc) is 2.80. The Morgan fingerprint density at radius 2 is 2.44 bits per heavy atom. The highest BCUT2D eigenvalue weighted by Gasteiger charge is 2.22. The van der Waals surface area contributed by atoms with Crippen LogP contribution in [0.15, 0.2) is 24.5 Å². The van der Waals surface area contributed by atoms with Gasteiger partial charge in [0.2, 0.25) is 0 Å². The van der Waals surface area contributed by atoms with E-state index in [0.29, 0.717) is 0 Å². The van der Waals surface area contributed by atoms with Crippen molar-refractivity contribution in [1.82, 2.24) is 14.9 Å². The van der Waals surface area contributed by atoms with Crippen LogP contribution in [0.5, 0.6) is 0 Å². The summed E-state index contributed by atoms with van der Waals surface area (Å²) in [5, 5.41) is 3.30. The van der Waals surface area contributed by atoms with E-state index in [4.69, 9.17) is 10.5 Å². The lowest BCUT2D eigenvalue weighted by Crippen LogP contribution is -2.44. The van der Waals surface area contributed by atoms with Gasteiger partial charge in [0.15, 0.2) is 0 Å². The van der Waals surface area contributed by atoms with Gasteiger partial charge in [-0.3, -0.25) is 0 Å². The van der Waals surface area contributed by atoms with Gasteiger partial charge in [-0.2, -0.15) is 0 Å². The van der Waals surface area contributed by atoms with Crippen LogP contribution in [-0.4, -0.2) is 35.4 Å². The Kier molecular flexibility index (Phi) is 3.03. The molecule has 5 heteroatoms. The van der Waals surface area contributed by atoms with Crippen molar-refractivity contribution in [2.75, 3.05) is 19.7 Å². The number of nitrogens with zero attached hydrogens (tertiary/aromatic N) is 2. The van der Waals surface area contributed by atoms with Gasteiger partial charge in [0.1, 0.15) is 0 Å². The molecule has 1 fully saturated rings. The lowest BCUT2D eigenvalue weighted by atomic mass is 10.0. The number of hydrogen-bond acceptors (Lipinski definition) is 4. The van der Waals surface area contributed by atoms with E-state index in [9.17, 15) is 0 Å². The Balaban J connectivity index is 1.88. The molecule has 2 aromatic rings. The van der Waals surface area contributed by atoms with Gasteiger partial charge >= 0.3 is 0 Å².